The number of halogens is 2. The fraction of sp³-hybridized carbons (Fsp3) is 0.480. The molecule has 2 aromatic rings. The molecule has 1 aromatic heterocycles. The second-order valence-electron chi connectivity index (χ2n) is 8.90. The number of piperidine rings is 1. The highest BCUT2D eigenvalue weighted by Gasteiger charge is 2.41. The highest BCUT2D eigenvalue weighted by molar-refractivity contribution is 6.42. The molecular formula is C25H30Cl2N4O2. The van der Waals surface area contributed by atoms with Crippen molar-refractivity contribution < 1.29 is 9.59 Å². The van der Waals surface area contributed by atoms with E-state index in [4.69, 9.17) is 23.2 Å². The smallest absolute Gasteiger partial charge is 0.228 e. The topological polar surface area (TPSA) is 56.8 Å². The van der Waals surface area contributed by atoms with E-state index in [2.05, 4.69) is 9.88 Å². The van der Waals surface area contributed by atoms with Gasteiger partial charge in [0.05, 0.1) is 10.0 Å². The molecule has 1 unspecified atom stereocenters. The van der Waals surface area contributed by atoms with Gasteiger partial charge in [0.1, 0.15) is 5.82 Å². The number of hydrogen-bond acceptors (Lipinski definition) is 4. The second-order valence-corrected chi connectivity index (χ2v) is 9.72. The second kappa shape index (κ2) is 10.4. The van der Waals surface area contributed by atoms with Crippen molar-refractivity contribution in [2.75, 3.05) is 44.2 Å². The van der Waals surface area contributed by atoms with Gasteiger partial charge in [-0.05, 0) is 49.2 Å². The molecule has 2 amide bonds. The summed E-state index contributed by atoms with van der Waals surface area (Å²) in [6.45, 7) is 6.62. The number of nitrogens with zero attached hydrogens (tertiary/aromatic N) is 4. The van der Waals surface area contributed by atoms with Crippen LogP contribution in [0.2, 0.25) is 10.0 Å². The summed E-state index contributed by atoms with van der Waals surface area (Å²) in [5.41, 5.74) is 0.848. The van der Waals surface area contributed by atoms with Gasteiger partial charge in [0.15, 0.2) is 0 Å². The van der Waals surface area contributed by atoms with Crippen LogP contribution in [0.4, 0.5) is 5.82 Å². The number of carbonyl (C=O) groups excluding carboxylic acids is 2. The van der Waals surface area contributed by atoms with Crippen LogP contribution >= 0.6 is 23.2 Å². The maximum atomic E-state index is 12.9. The molecule has 2 aliphatic rings. The van der Waals surface area contributed by atoms with Crippen LogP contribution < -0.4 is 4.90 Å². The zero-order valence-electron chi connectivity index (χ0n) is 19.0. The fourth-order valence-electron chi connectivity index (χ4n) is 4.90. The maximum absolute atomic E-state index is 12.9. The van der Waals surface area contributed by atoms with Gasteiger partial charge in [0.25, 0.3) is 0 Å². The Morgan fingerprint density at radius 1 is 1.09 bits per heavy atom. The van der Waals surface area contributed by atoms with E-state index in [1.165, 1.54) is 0 Å². The van der Waals surface area contributed by atoms with Crippen molar-refractivity contribution in [2.24, 2.45) is 0 Å². The Balaban J connectivity index is 1.56. The van der Waals surface area contributed by atoms with Crippen LogP contribution in [-0.2, 0) is 15.0 Å². The van der Waals surface area contributed by atoms with Gasteiger partial charge in [-0.3, -0.25) is 19.4 Å². The average Bonchev–Trinajstić information content (AvgIpc) is 2.86. The number of anilines is 1. The number of carbonyl (C=O) groups is 2. The standard InChI is InChI=1S/C25H30Cl2N4O2/c1-2-23(32)30-15-13-29(14-16-30)12-10-25(19-6-7-20(26)21(27)17-19)9-8-24(33)31(18-25)22-5-3-4-11-28-22/h3-7,11,17H,2,8-10,12-16,18H2,1H3. The molecule has 8 heteroatoms. The van der Waals surface area contributed by atoms with Gasteiger partial charge in [-0.2, -0.15) is 0 Å². The van der Waals surface area contributed by atoms with E-state index in [-0.39, 0.29) is 17.2 Å². The van der Waals surface area contributed by atoms with Crippen molar-refractivity contribution in [1.29, 1.82) is 0 Å². The number of pyridine rings is 1. The van der Waals surface area contributed by atoms with Gasteiger partial charge < -0.3 is 4.90 Å². The van der Waals surface area contributed by atoms with Crippen molar-refractivity contribution in [3.05, 3.63) is 58.2 Å². The predicted octanol–water partition coefficient (Wildman–Crippen LogP) is 4.40. The van der Waals surface area contributed by atoms with E-state index in [1.807, 2.05) is 53.1 Å². The first-order valence-corrected chi connectivity index (χ1v) is 12.3. The number of rotatable bonds is 6. The van der Waals surface area contributed by atoms with Crippen molar-refractivity contribution >= 4 is 40.8 Å². The molecule has 1 atom stereocenters. The molecule has 0 spiro atoms. The van der Waals surface area contributed by atoms with Gasteiger partial charge in [0.2, 0.25) is 11.8 Å². The van der Waals surface area contributed by atoms with Gasteiger partial charge in [-0.1, -0.05) is 42.3 Å². The summed E-state index contributed by atoms with van der Waals surface area (Å²) >= 11 is 12.6. The van der Waals surface area contributed by atoms with Crippen LogP contribution in [0.5, 0.6) is 0 Å². The van der Waals surface area contributed by atoms with Gasteiger partial charge in [-0.15, -0.1) is 0 Å². The lowest BCUT2D eigenvalue weighted by Gasteiger charge is -2.44. The number of benzene rings is 1. The lowest BCUT2D eigenvalue weighted by atomic mass is 9.71. The largest absolute Gasteiger partial charge is 0.340 e. The SMILES string of the molecule is CCC(=O)N1CCN(CCC2(c3ccc(Cl)c(Cl)c3)CCC(=O)N(c3ccccn3)C2)CC1. The highest BCUT2D eigenvalue weighted by Crippen LogP contribution is 2.41. The molecule has 0 N–H and O–H groups in total. The molecule has 2 fully saturated rings. The van der Waals surface area contributed by atoms with E-state index in [1.54, 1.807) is 6.20 Å². The Bertz CT molecular complexity index is 995. The quantitative estimate of drug-likeness (QED) is 0.604. The maximum Gasteiger partial charge on any atom is 0.228 e. The number of aromatic nitrogens is 1. The summed E-state index contributed by atoms with van der Waals surface area (Å²) in [6, 6.07) is 11.5. The third-order valence-corrected chi connectivity index (χ3v) is 7.71. The Morgan fingerprint density at radius 2 is 1.88 bits per heavy atom. The number of piperazine rings is 1. The van der Waals surface area contributed by atoms with Crippen LogP contribution in [0.25, 0.3) is 0 Å². The molecule has 1 aromatic carbocycles. The summed E-state index contributed by atoms with van der Waals surface area (Å²) in [7, 11) is 0. The minimum atomic E-state index is -0.254. The molecule has 176 valence electrons. The third kappa shape index (κ3) is 5.34. The van der Waals surface area contributed by atoms with Crippen LogP contribution in [0.3, 0.4) is 0 Å². The zero-order chi connectivity index (χ0) is 23.4. The number of amides is 2. The summed E-state index contributed by atoms with van der Waals surface area (Å²) in [5, 5.41) is 1.06. The highest BCUT2D eigenvalue weighted by atomic mass is 35.5. The Hall–Kier alpha value is -2.15. The Labute approximate surface area is 205 Å². The third-order valence-electron chi connectivity index (χ3n) is 6.97. The summed E-state index contributed by atoms with van der Waals surface area (Å²) in [4.78, 5) is 35.5. The van der Waals surface area contributed by atoms with Crippen molar-refractivity contribution in [2.45, 2.75) is 38.0 Å². The summed E-state index contributed by atoms with van der Waals surface area (Å²) < 4.78 is 0. The fourth-order valence-corrected chi connectivity index (χ4v) is 5.20. The van der Waals surface area contributed by atoms with E-state index >= 15 is 0 Å². The average molecular weight is 489 g/mol. The molecule has 2 saturated heterocycles. The van der Waals surface area contributed by atoms with Gasteiger partial charge in [-0.25, -0.2) is 4.98 Å². The van der Waals surface area contributed by atoms with Crippen molar-refractivity contribution in [1.82, 2.24) is 14.8 Å². The van der Waals surface area contributed by atoms with Crippen molar-refractivity contribution in [3.8, 4) is 0 Å². The lowest BCUT2D eigenvalue weighted by Crippen LogP contribution is -2.52. The minimum Gasteiger partial charge on any atom is -0.340 e. The number of hydrogen-bond donors (Lipinski definition) is 0. The summed E-state index contributed by atoms with van der Waals surface area (Å²) in [5.74, 6) is 0.994. The molecule has 4 rings (SSSR count). The normalized spacial score (nSPS) is 22.0. The first-order chi connectivity index (χ1) is 15.9. The molecule has 33 heavy (non-hydrogen) atoms. The Kier molecular flexibility index (Phi) is 7.57. The Morgan fingerprint density at radius 3 is 2.55 bits per heavy atom. The molecule has 0 radical (unpaired) electrons. The molecule has 2 aliphatic heterocycles. The first-order valence-electron chi connectivity index (χ1n) is 11.6. The van der Waals surface area contributed by atoms with E-state index < -0.39 is 0 Å². The molecule has 0 bridgehead atoms. The molecular weight excluding hydrogens is 459 g/mol. The predicted molar refractivity (Wildman–Crippen MR) is 132 cm³/mol. The van der Waals surface area contributed by atoms with Crippen LogP contribution in [0, 0.1) is 0 Å². The summed E-state index contributed by atoms with van der Waals surface area (Å²) in [6.07, 6.45) is 4.35. The van der Waals surface area contributed by atoms with Crippen LogP contribution in [0.15, 0.2) is 42.6 Å². The van der Waals surface area contributed by atoms with E-state index in [0.717, 1.165) is 51.1 Å². The van der Waals surface area contributed by atoms with Crippen molar-refractivity contribution in [3.63, 3.8) is 0 Å². The lowest BCUT2D eigenvalue weighted by molar-refractivity contribution is -0.132. The molecule has 3 heterocycles. The van der Waals surface area contributed by atoms with Crippen LogP contribution in [-0.4, -0.2) is 65.9 Å². The zero-order valence-corrected chi connectivity index (χ0v) is 20.5. The molecule has 0 saturated carbocycles. The molecule has 6 nitrogen and oxygen atoms in total. The van der Waals surface area contributed by atoms with Crippen LogP contribution in [0.1, 0.15) is 38.2 Å². The van der Waals surface area contributed by atoms with E-state index in [9.17, 15) is 9.59 Å². The molecule has 0 aliphatic carbocycles. The first kappa shape index (κ1) is 24.0. The van der Waals surface area contributed by atoms with E-state index in [0.29, 0.717) is 35.2 Å². The minimum absolute atomic E-state index is 0.0936. The van der Waals surface area contributed by atoms with Gasteiger partial charge >= 0.3 is 0 Å². The van der Waals surface area contributed by atoms with Gasteiger partial charge in [0, 0.05) is 57.2 Å². The monoisotopic (exact) mass is 488 g/mol.